The van der Waals surface area contributed by atoms with E-state index in [0.29, 0.717) is 11.6 Å². The average Bonchev–Trinajstić information content (AvgIpc) is 2.39. The van der Waals surface area contributed by atoms with Crippen LogP contribution in [-0.2, 0) is 6.54 Å². The zero-order chi connectivity index (χ0) is 13.0. The quantitative estimate of drug-likeness (QED) is 0.875. The highest BCUT2D eigenvalue weighted by atomic mass is 15.1. The Morgan fingerprint density at radius 3 is 3.22 bits per heavy atom. The maximum atomic E-state index is 8.84. The molecule has 1 aliphatic rings. The van der Waals surface area contributed by atoms with Gasteiger partial charge in [-0.2, -0.15) is 5.26 Å². The molecule has 0 radical (unpaired) electrons. The lowest BCUT2D eigenvalue weighted by Gasteiger charge is -2.34. The molecular formula is C14H20N4. The van der Waals surface area contributed by atoms with Crippen molar-refractivity contribution in [1.29, 1.82) is 5.26 Å². The van der Waals surface area contributed by atoms with E-state index in [1.54, 1.807) is 6.20 Å². The van der Waals surface area contributed by atoms with Gasteiger partial charge in [-0.05, 0) is 49.9 Å². The maximum absolute atomic E-state index is 8.84. The molecule has 0 spiro atoms. The van der Waals surface area contributed by atoms with Crippen LogP contribution < -0.4 is 5.73 Å². The molecule has 1 aromatic rings. The molecule has 4 heteroatoms. The summed E-state index contributed by atoms with van der Waals surface area (Å²) in [6.45, 7) is 5.16. The molecular weight excluding hydrogens is 224 g/mol. The van der Waals surface area contributed by atoms with E-state index in [0.717, 1.165) is 25.2 Å². The van der Waals surface area contributed by atoms with Crippen LogP contribution in [0.15, 0.2) is 18.3 Å². The largest absolute Gasteiger partial charge is 0.328 e. The van der Waals surface area contributed by atoms with Crippen LogP contribution in [0.4, 0.5) is 0 Å². The molecule has 2 heterocycles. The number of nitriles is 1. The molecule has 2 unspecified atom stereocenters. The van der Waals surface area contributed by atoms with Crippen LogP contribution in [-0.4, -0.2) is 29.0 Å². The zero-order valence-corrected chi connectivity index (χ0v) is 10.8. The molecule has 1 saturated heterocycles. The predicted octanol–water partition coefficient (Wildman–Crippen LogP) is 1.51. The Bertz CT molecular complexity index is 436. The second-order valence-corrected chi connectivity index (χ2v) is 5.16. The lowest BCUT2D eigenvalue weighted by Crippen LogP contribution is -2.41. The first-order chi connectivity index (χ1) is 8.69. The number of rotatable bonds is 3. The number of aromatic nitrogens is 1. The monoisotopic (exact) mass is 244 g/mol. The minimum atomic E-state index is 0.264. The van der Waals surface area contributed by atoms with Gasteiger partial charge in [-0.1, -0.05) is 0 Å². The van der Waals surface area contributed by atoms with Crippen molar-refractivity contribution < 1.29 is 0 Å². The molecule has 4 nitrogen and oxygen atoms in total. The average molecular weight is 244 g/mol. The van der Waals surface area contributed by atoms with Crippen LogP contribution >= 0.6 is 0 Å². The molecule has 1 aromatic heterocycles. The highest BCUT2D eigenvalue weighted by Gasteiger charge is 2.22. The van der Waals surface area contributed by atoms with Crippen molar-refractivity contribution in [2.24, 2.45) is 11.7 Å². The minimum Gasteiger partial charge on any atom is -0.328 e. The van der Waals surface area contributed by atoms with E-state index in [1.807, 2.05) is 12.1 Å². The fourth-order valence-electron chi connectivity index (χ4n) is 2.56. The molecule has 2 atom stereocenters. The van der Waals surface area contributed by atoms with Crippen molar-refractivity contribution in [2.45, 2.75) is 32.4 Å². The fraction of sp³-hybridized carbons (Fsp3) is 0.571. The Labute approximate surface area is 108 Å². The SMILES string of the molecule is CC(N)C1CCCN(Cc2ccnc(C#N)c2)C1. The van der Waals surface area contributed by atoms with Crippen LogP contribution in [0.25, 0.3) is 0 Å². The van der Waals surface area contributed by atoms with Crippen molar-refractivity contribution in [1.82, 2.24) is 9.88 Å². The van der Waals surface area contributed by atoms with E-state index in [2.05, 4.69) is 22.9 Å². The summed E-state index contributed by atoms with van der Waals surface area (Å²) < 4.78 is 0. The third-order valence-corrected chi connectivity index (χ3v) is 3.63. The normalized spacial score (nSPS) is 22.4. The first-order valence-corrected chi connectivity index (χ1v) is 6.52. The summed E-state index contributed by atoms with van der Waals surface area (Å²) in [7, 11) is 0. The topological polar surface area (TPSA) is 65.9 Å². The number of likely N-dealkylation sites (tertiary alicyclic amines) is 1. The molecule has 0 amide bonds. The highest BCUT2D eigenvalue weighted by Crippen LogP contribution is 2.20. The van der Waals surface area contributed by atoms with E-state index < -0.39 is 0 Å². The Morgan fingerprint density at radius 1 is 1.67 bits per heavy atom. The van der Waals surface area contributed by atoms with Crippen LogP contribution in [0.3, 0.4) is 0 Å². The van der Waals surface area contributed by atoms with Gasteiger partial charge in [0, 0.05) is 25.3 Å². The van der Waals surface area contributed by atoms with Gasteiger partial charge in [0.25, 0.3) is 0 Å². The summed E-state index contributed by atoms with van der Waals surface area (Å²) in [5, 5.41) is 8.84. The van der Waals surface area contributed by atoms with Gasteiger partial charge in [0.05, 0.1) is 0 Å². The molecule has 96 valence electrons. The molecule has 0 aliphatic carbocycles. The number of nitrogens with two attached hydrogens (primary N) is 1. The van der Waals surface area contributed by atoms with E-state index >= 15 is 0 Å². The Balaban J connectivity index is 1.98. The van der Waals surface area contributed by atoms with Crippen molar-refractivity contribution >= 4 is 0 Å². The van der Waals surface area contributed by atoms with Crippen LogP contribution in [0.1, 0.15) is 31.0 Å². The summed E-state index contributed by atoms with van der Waals surface area (Å²) in [6, 6.07) is 6.20. The summed E-state index contributed by atoms with van der Waals surface area (Å²) in [4.78, 5) is 6.42. The molecule has 0 bridgehead atoms. The first kappa shape index (κ1) is 13.0. The minimum absolute atomic E-state index is 0.264. The number of pyridine rings is 1. The van der Waals surface area contributed by atoms with Gasteiger partial charge in [0.1, 0.15) is 11.8 Å². The van der Waals surface area contributed by atoms with Gasteiger partial charge in [-0.15, -0.1) is 0 Å². The summed E-state index contributed by atoms with van der Waals surface area (Å²) in [5.41, 5.74) is 7.64. The fourth-order valence-corrected chi connectivity index (χ4v) is 2.56. The number of hydrogen-bond donors (Lipinski definition) is 1. The van der Waals surface area contributed by atoms with E-state index in [1.165, 1.54) is 12.8 Å². The molecule has 2 N–H and O–H groups in total. The van der Waals surface area contributed by atoms with Crippen LogP contribution in [0.5, 0.6) is 0 Å². The maximum Gasteiger partial charge on any atom is 0.140 e. The summed E-state index contributed by atoms with van der Waals surface area (Å²) in [5.74, 6) is 0.594. The molecule has 1 fully saturated rings. The lowest BCUT2D eigenvalue weighted by atomic mass is 9.92. The van der Waals surface area contributed by atoms with Gasteiger partial charge in [-0.3, -0.25) is 4.90 Å². The molecule has 2 rings (SSSR count). The standard InChI is InChI=1S/C14H20N4/c1-11(16)13-3-2-6-18(10-13)9-12-4-5-17-14(7-12)8-15/h4-5,7,11,13H,2-3,6,9-10,16H2,1H3. The molecule has 18 heavy (non-hydrogen) atoms. The number of nitrogens with zero attached hydrogens (tertiary/aromatic N) is 3. The lowest BCUT2D eigenvalue weighted by molar-refractivity contribution is 0.154. The van der Waals surface area contributed by atoms with E-state index in [9.17, 15) is 0 Å². The highest BCUT2D eigenvalue weighted by molar-refractivity contribution is 5.25. The first-order valence-electron chi connectivity index (χ1n) is 6.52. The predicted molar refractivity (Wildman–Crippen MR) is 70.6 cm³/mol. The van der Waals surface area contributed by atoms with Gasteiger partial charge >= 0.3 is 0 Å². The van der Waals surface area contributed by atoms with Gasteiger partial charge in [0.15, 0.2) is 0 Å². The zero-order valence-electron chi connectivity index (χ0n) is 10.8. The Morgan fingerprint density at radius 2 is 2.50 bits per heavy atom. The molecule has 0 saturated carbocycles. The third kappa shape index (κ3) is 3.28. The second-order valence-electron chi connectivity index (χ2n) is 5.16. The molecule has 1 aliphatic heterocycles. The number of piperidine rings is 1. The van der Waals surface area contributed by atoms with Gasteiger partial charge in [-0.25, -0.2) is 4.98 Å². The third-order valence-electron chi connectivity index (χ3n) is 3.63. The van der Waals surface area contributed by atoms with Crippen molar-refractivity contribution in [3.63, 3.8) is 0 Å². The van der Waals surface area contributed by atoms with Crippen molar-refractivity contribution in [3.05, 3.63) is 29.6 Å². The summed E-state index contributed by atoms with van der Waals surface area (Å²) in [6.07, 6.45) is 4.15. The van der Waals surface area contributed by atoms with Crippen LogP contribution in [0, 0.1) is 17.2 Å². The Kier molecular flexibility index (Phi) is 4.29. The van der Waals surface area contributed by atoms with Crippen molar-refractivity contribution in [3.8, 4) is 6.07 Å². The second kappa shape index (κ2) is 5.94. The smallest absolute Gasteiger partial charge is 0.140 e. The van der Waals surface area contributed by atoms with Gasteiger partial charge < -0.3 is 5.73 Å². The van der Waals surface area contributed by atoms with Crippen LogP contribution in [0.2, 0.25) is 0 Å². The molecule has 0 aromatic carbocycles. The van der Waals surface area contributed by atoms with E-state index in [-0.39, 0.29) is 6.04 Å². The Hall–Kier alpha value is -1.44. The summed E-state index contributed by atoms with van der Waals surface area (Å²) >= 11 is 0. The number of hydrogen-bond acceptors (Lipinski definition) is 4. The van der Waals surface area contributed by atoms with Crippen molar-refractivity contribution in [2.75, 3.05) is 13.1 Å². The van der Waals surface area contributed by atoms with E-state index in [4.69, 9.17) is 11.0 Å². The van der Waals surface area contributed by atoms with Gasteiger partial charge in [0.2, 0.25) is 0 Å².